The first-order chi connectivity index (χ1) is 26.0. The minimum Gasteiger partial charge on any atom is -0.408 e. The molecule has 6 rings (SSSR count). The highest BCUT2D eigenvalue weighted by Crippen LogP contribution is 2.48. The summed E-state index contributed by atoms with van der Waals surface area (Å²) in [6, 6.07) is 15.0. The third kappa shape index (κ3) is 8.39. The van der Waals surface area contributed by atoms with Crippen molar-refractivity contribution in [2.45, 2.75) is 121 Å². The third-order valence-corrected chi connectivity index (χ3v) is 21.7. The van der Waals surface area contributed by atoms with E-state index in [2.05, 4.69) is 77.9 Å². The van der Waals surface area contributed by atoms with E-state index in [-0.39, 0.29) is 15.9 Å². The second-order valence-electron chi connectivity index (χ2n) is 17.7. The van der Waals surface area contributed by atoms with Gasteiger partial charge in [-0.3, -0.25) is 0 Å². The zero-order chi connectivity index (χ0) is 41.0. The summed E-state index contributed by atoms with van der Waals surface area (Å²) in [5, 5.41) is 4.59. The molecule has 0 bridgehead atoms. The third-order valence-electron chi connectivity index (χ3n) is 11.7. The number of thioether (sulfide) groups is 1. The molecule has 4 atom stereocenters. The summed E-state index contributed by atoms with van der Waals surface area (Å²) in [6.07, 6.45) is -3.33. The largest absolute Gasteiger partial charge is 0.416 e. The smallest absolute Gasteiger partial charge is 0.408 e. The summed E-state index contributed by atoms with van der Waals surface area (Å²) in [7, 11) is -4.89. The number of halogens is 3. The molecule has 0 radical (unpaired) electrons. The molecule has 0 unspecified atom stereocenters. The van der Waals surface area contributed by atoms with Crippen LogP contribution in [-0.4, -0.2) is 60.4 Å². The van der Waals surface area contributed by atoms with Gasteiger partial charge >= 0.3 is 6.18 Å². The molecule has 1 fully saturated rings. The fraction of sp³-hybridized carbons (Fsp3) is 0.488. The van der Waals surface area contributed by atoms with Crippen molar-refractivity contribution in [2.24, 2.45) is 0 Å². The molecule has 56 heavy (non-hydrogen) atoms. The van der Waals surface area contributed by atoms with Gasteiger partial charge in [-0.1, -0.05) is 89.2 Å². The Bertz CT molecular complexity index is 2140. The standard InChI is InChI=1S/C41H54F3N5O4SSi2/c1-25-30(33(51-48-25)27-15-13-12-14-16-27)22-54-23-31-34(52-55(8,9)39(2,3)4)35(53-56(10,11)40(5,6)7)38(50-31)49-21-29(32-36(45)46-24-47-37(32)49)26-17-19-28(20-18-26)41(42,43)44/h12-21,24,31,34-35,38H,22-23H2,1-11H3,(H2,45,46,47)/t31-,34-,35-,38-/m1/s1. The highest BCUT2D eigenvalue weighted by Gasteiger charge is 2.54. The summed E-state index contributed by atoms with van der Waals surface area (Å²) in [6.45, 7) is 24.1. The number of hydrogen-bond donors (Lipinski definition) is 1. The Kier molecular flexibility index (Phi) is 11.6. The van der Waals surface area contributed by atoms with Crippen LogP contribution in [0.5, 0.6) is 0 Å². The van der Waals surface area contributed by atoms with Crippen LogP contribution < -0.4 is 5.73 Å². The van der Waals surface area contributed by atoms with Crippen molar-refractivity contribution in [1.82, 2.24) is 19.7 Å². The monoisotopic (exact) mass is 825 g/mol. The van der Waals surface area contributed by atoms with Crippen molar-refractivity contribution in [3.63, 3.8) is 0 Å². The molecule has 0 saturated carbocycles. The molecule has 4 heterocycles. The lowest BCUT2D eigenvalue weighted by molar-refractivity contribution is -0.137. The SMILES string of the molecule is Cc1noc(-c2ccccc2)c1CSC[C@H]1O[C@@H](n2cc(-c3ccc(C(F)(F)F)cc3)c3c(N)ncnc32)[C@H](O[Si](C)(C)C(C)(C)C)[C@@H]1O[Si](C)(C)C(C)(C)C. The number of ether oxygens (including phenoxy) is 1. The Balaban J connectivity index is 1.45. The number of aryl methyl sites for hydroxylation is 1. The number of rotatable bonds is 11. The Hall–Kier alpha value is -3.48. The van der Waals surface area contributed by atoms with Crippen molar-refractivity contribution in [1.29, 1.82) is 0 Å². The zero-order valence-corrected chi connectivity index (χ0v) is 36.9. The van der Waals surface area contributed by atoms with Crippen molar-refractivity contribution in [2.75, 3.05) is 11.5 Å². The molecule has 302 valence electrons. The summed E-state index contributed by atoms with van der Waals surface area (Å²) < 4.78 is 70.3. The topological polar surface area (TPSA) is 110 Å². The van der Waals surface area contributed by atoms with Gasteiger partial charge in [-0.25, -0.2) is 9.97 Å². The number of nitrogen functional groups attached to an aromatic ring is 1. The van der Waals surface area contributed by atoms with Gasteiger partial charge in [0.05, 0.1) is 22.7 Å². The molecule has 0 spiro atoms. The summed E-state index contributed by atoms with van der Waals surface area (Å²) in [5.74, 6) is 2.18. The average molecular weight is 826 g/mol. The van der Waals surface area contributed by atoms with Crippen LogP contribution in [-0.2, 0) is 25.5 Å². The summed E-state index contributed by atoms with van der Waals surface area (Å²) in [5.41, 5.74) is 10.2. The average Bonchev–Trinajstić information content (AvgIpc) is 3.77. The normalized spacial score (nSPS) is 20.0. The fourth-order valence-electron chi connectivity index (χ4n) is 6.38. The van der Waals surface area contributed by atoms with E-state index < -0.39 is 52.9 Å². The van der Waals surface area contributed by atoms with Gasteiger partial charge in [0.15, 0.2) is 28.6 Å². The van der Waals surface area contributed by atoms with E-state index in [1.807, 2.05) is 48.0 Å². The summed E-state index contributed by atoms with van der Waals surface area (Å²) >= 11 is 1.72. The van der Waals surface area contributed by atoms with E-state index in [0.717, 1.165) is 34.7 Å². The van der Waals surface area contributed by atoms with Crippen LogP contribution in [0.2, 0.25) is 36.3 Å². The molecular weight excluding hydrogens is 772 g/mol. The quantitative estimate of drug-likeness (QED) is 0.130. The number of nitrogens with zero attached hydrogens (tertiary/aromatic N) is 4. The Morgan fingerprint density at radius 2 is 1.45 bits per heavy atom. The summed E-state index contributed by atoms with van der Waals surface area (Å²) in [4.78, 5) is 8.97. The lowest BCUT2D eigenvalue weighted by Crippen LogP contribution is -2.53. The number of anilines is 1. The maximum absolute atomic E-state index is 13.6. The van der Waals surface area contributed by atoms with Gasteiger partial charge in [0, 0.05) is 34.4 Å². The number of benzene rings is 2. The second kappa shape index (κ2) is 15.4. The van der Waals surface area contributed by atoms with E-state index in [1.54, 1.807) is 11.8 Å². The minimum atomic E-state index is -4.47. The first-order valence-corrected chi connectivity index (χ1v) is 25.9. The molecule has 15 heteroatoms. The Morgan fingerprint density at radius 1 is 0.839 bits per heavy atom. The van der Waals surface area contributed by atoms with Gasteiger partial charge < -0.3 is 28.4 Å². The number of hydrogen-bond acceptors (Lipinski definition) is 9. The molecule has 2 N–H and O–H groups in total. The molecule has 3 aromatic heterocycles. The molecular formula is C41H54F3N5O4SSi2. The van der Waals surface area contributed by atoms with Gasteiger partial charge in [-0.2, -0.15) is 24.9 Å². The first kappa shape index (κ1) is 42.1. The predicted octanol–water partition coefficient (Wildman–Crippen LogP) is 11.3. The molecule has 0 amide bonds. The number of fused-ring (bicyclic) bond motifs is 1. The molecule has 0 aliphatic carbocycles. The number of nitrogens with two attached hydrogens (primary N) is 1. The van der Waals surface area contributed by atoms with Gasteiger partial charge in [0.1, 0.15) is 30.0 Å². The van der Waals surface area contributed by atoms with Crippen LogP contribution in [0.15, 0.2) is 71.6 Å². The van der Waals surface area contributed by atoms with Crippen LogP contribution >= 0.6 is 11.8 Å². The van der Waals surface area contributed by atoms with Crippen molar-refractivity contribution < 1.29 is 31.3 Å². The van der Waals surface area contributed by atoms with Crippen LogP contribution in [0.1, 0.15) is 64.6 Å². The van der Waals surface area contributed by atoms with Crippen molar-refractivity contribution in [3.05, 3.63) is 83.9 Å². The van der Waals surface area contributed by atoms with Crippen molar-refractivity contribution in [3.8, 4) is 22.5 Å². The molecule has 1 aliphatic heterocycles. The Morgan fingerprint density at radius 3 is 2.04 bits per heavy atom. The van der Waals surface area contributed by atoms with Crippen LogP contribution in [0.25, 0.3) is 33.5 Å². The predicted molar refractivity (Wildman–Crippen MR) is 223 cm³/mol. The van der Waals surface area contributed by atoms with E-state index >= 15 is 0 Å². The fourth-order valence-corrected chi connectivity index (χ4v) is 10.1. The van der Waals surface area contributed by atoms with Gasteiger partial charge in [0.2, 0.25) is 0 Å². The number of alkyl halides is 3. The van der Waals surface area contributed by atoms with E-state index in [1.165, 1.54) is 18.5 Å². The zero-order valence-electron chi connectivity index (χ0n) is 34.1. The van der Waals surface area contributed by atoms with E-state index in [4.69, 9.17) is 28.8 Å². The molecule has 2 aromatic carbocycles. The highest BCUT2D eigenvalue weighted by molar-refractivity contribution is 7.98. The van der Waals surface area contributed by atoms with Crippen molar-refractivity contribution >= 4 is 45.2 Å². The molecule has 5 aromatic rings. The maximum atomic E-state index is 13.6. The minimum absolute atomic E-state index is 0.105. The Labute approximate surface area is 334 Å². The van der Waals surface area contributed by atoms with Crippen LogP contribution in [0, 0.1) is 6.92 Å². The highest BCUT2D eigenvalue weighted by atomic mass is 32.2. The van der Waals surface area contributed by atoms with Crippen LogP contribution in [0.4, 0.5) is 19.0 Å². The first-order valence-electron chi connectivity index (χ1n) is 18.9. The second-order valence-corrected chi connectivity index (χ2v) is 28.2. The number of aromatic nitrogens is 4. The van der Waals surface area contributed by atoms with Gasteiger partial charge in [-0.15, -0.1) is 0 Å². The van der Waals surface area contributed by atoms with Crippen LogP contribution in [0.3, 0.4) is 0 Å². The van der Waals surface area contributed by atoms with Gasteiger partial charge in [-0.05, 0) is 60.9 Å². The molecule has 1 saturated heterocycles. The van der Waals surface area contributed by atoms with E-state index in [0.29, 0.717) is 33.7 Å². The molecule has 1 aliphatic rings. The maximum Gasteiger partial charge on any atom is 0.416 e. The molecule has 9 nitrogen and oxygen atoms in total. The van der Waals surface area contributed by atoms with E-state index in [9.17, 15) is 13.2 Å². The lowest BCUT2D eigenvalue weighted by Gasteiger charge is -2.44. The van der Waals surface area contributed by atoms with Gasteiger partial charge in [0.25, 0.3) is 0 Å². The lowest BCUT2D eigenvalue weighted by atomic mass is 10.0.